The number of nitrogens with two attached hydrogens (primary N) is 1. The lowest BCUT2D eigenvalue weighted by Crippen LogP contribution is -2.19. The number of nitro benzene ring substituents is 1. The van der Waals surface area contributed by atoms with Crippen LogP contribution in [0.1, 0.15) is 16.7 Å². The molecule has 2 N–H and O–H groups in total. The zero-order valence-corrected chi connectivity index (χ0v) is 14.5. The summed E-state index contributed by atoms with van der Waals surface area (Å²) in [6.07, 6.45) is 0. The maximum Gasteiger partial charge on any atom is 0.293 e. The molecule has 0 radical (unpaired) electrons. The molecule has 0 fully saturated rings. The molecule has 0 amide bonds. The van der Waals surface area contributed by atoms with E-state index in [1.165, 1.54) is 12.1 Å². The molecule has 0 heterocycles. The van der Waals surface area contributed by atoms with E-state index in [-0.39, 0.29) is 10.6 Å². The molecule has 0 unspecified atom stereocenters. The van der Waals surface area contributed by atoms with Gasteiger partial charge in [-0.2, -0.15) is 0 Å². The van der Waals surface area contributed by atoms with Gasteiger partial charge in [-0.05, 0) is 37.1 Å². The summed E-state index contributed by atoms with van der Waals surface area (Å²) in [5, 5.41) is 16.4. The van der Waals surface area contributed by atoms with Crippen molar-refractivity contribution in [1.82, 2.24) is 0 Å². The van der Waals surface area contributed by atoms with Crippen LogP contribution >= 0.6 is 0 Å². The number of hydrogen-bond acceptors (Lipinski definition) is 5. The minimum absolute atomic E-state index is 0.280. The van der Waals surface area contributed by atoms with Crippen molar-refractivity contribution in [2.24, 2.45) is 5.14 Å². The van der Waals surface area contributed by atoms with Gasteiger partial charge in [-0.3, -0.25) is 10.1 Å². The number of sulfonamides is 1. The van der Waals surface area contributed by atoms with Gasteiger partial charge >= 0.3 is 0 Å². The summed E-state index contributed by atoms with van der Waals surface area (Å²) in [6.45, 7) is 4.44. The van der Waals surface area contributed by atoms with E-state index in [4.69, 9.17) is 5.14 Å². The number of primary sulfonamides is 1. The highest BCUT2D eigenvalue weighted by molar-refractivity contribution is 7.89. The lowest BCUT2D eigenvalue weighted by molar-refractivity contribution is -0.384. The Morgan fingerprint density at radius 2 is 1.83 bits per heavy atom. The number of hydrogen-bond donors (Lipinski definition) is 1. The van der Waals surface area contributed by atoms with Crippen LogP contribution in [0.15, 0.2) is 41.3 Å². The van der Waals surface area contributed by atoms with Gasteiger partial charge in [0.25, 0.3) is 5.69 Å². The van der Waals surface area contributed by atoms with Crippen molar-refractivity contribution in [3.63, 3.8) is 0 Å². The predicted octanol–water partition coefficient (Wildman–Crippen LogP) is 2.50. The van der Waals surface area contributed by atoms with E-state index < -0.39 is 14.9 Å². The third-order valence-electron chi connectivity index (χ3n) is 3.79. The Hall–Kier alpha value is -2.45. The SMILES string of the molecule is Cc1ccc(CN(C)c2ccc(S(N)(=O)=O)cc2[N+](=O)[O-])c(C)c1. The fourth-order valence-electron chi connectivity index (χ4n) is 2.51. The van der Waals surface area contributed by atoms with Crippen LogP contribution in [0.2, 0.25) is 0 Å². The summed E-state index contributed by atoms with van der Waals surface area (Å²) in [5.41, 5.74) is 3.29. The summed E-state index contributed by atoms with van der Waals surface area (Å²) in [7, 11) is -2.27. The zero-order chi connectivity index (χ0) is 18.1. The summed E-state index contributed by atoms with van der Waals surface area (Å²) in [5.74, 6) is 0. The quantitative estimate of drug-likeness (QED) is 0.659. The molecule has 0 saturated heterocycles. The van der Waals surface area contributed by atoms with E-state index in [0.717, 1.165) is 22.8 Å². The number of benzene rings is 2. The lowest BCUT2D eigenvalue weighted by atomic mass is 10.1. The molecular weight excluding hydrogens is 330 g/mol. The highest BCUT2D eigenvalue weighted by Crippen LogP contribution is 2.31. The van der Waals surface area contributed by atoms with E-state index in [1.54, 1.807) is 11.9 Å². The number of nitro groups is 1. The fourth-order valence-corrected chi connectivity index (χ4v) is 3.05. The van der Waals surface area contributed by atoms with E-state index in [1.807, 2.05) is 32.0 Å². The molecule has 0 aliphatic rings. The Labute approximate surface area is 140 Å². The average molecular weight is 349 g/mol. The van der Waals surface area contributed by atoms with Crippen LogP contribution in [0.25, 0.3) is 0 Å². The molecule has 0 bridgehead atoms. The smallest absolute Gasteiger partial charge is 0.293 e. The van der Waals surface area contributed by atoms with Gasteiger partial charge in [0.1, 0.15) is 5.69 Å². The van der Waals surface area contributed by atoms with Crippen molar-refractivity contribution in [2.45, 2.75) is 25.3 Å². The van der Waals surface area contributed by atoms with Crippen molar-refractivity contribution >= 4 is 21.4 Å². The molecule has 0 aliphatic heterocycles. The van der Waals surface area contributed by atoms with Crippen LogP contribution in [-0.4, -0.2) is 20.4 Å². The minimum Gasteiger partial charge on any atom is -0.365 e. The Kier molecular flexibility index (Phi) is 4.91. The fraction of sp³-hybridized carbons (Fsp3) is 0.250. The molecule has 2 rings (SSSR count). The number of aryl methyl sites for hydroxylation is 2. The van der Waals surface area contributed by atoms with Gasteiger partial charge in [0.15, 0.2) is 0 Å². The predicted molar refractivity (Wildman–Crippen MR) is 92.5 cm³/mol. The summed E-state index contributed by atoms with van der Waals surface area (Å²) in [6, 6.07) is 9.67. The monoisotopic (exact) mass is 349 g/mol. The first-order chi connectivity index (χ1) is 11.1. The molecule has 24 heavy (non-hydrogen) atoms. The second kappa shape index (κ2) is 6.58. The second-order valence-electron chi connectivity index (χ2n) is 5.74. The third-order valence-corrected chi connectivity index (χ3v) is 4.70. The van der Waals surface area contributed by atoms with E-state index in [2.05, 4.69) is 0 Å². The second-order valence-corrected chi connectivity index (χ2v) is 7.30. The first kappa shape index (κ1) is 17.9. The van der Waals surface area contributed by atoms with Crippen molar-refractivity contribution in [3.05, 3.63) is 63.2 Å². The molecule has 0 saturated carbocycles. The van der Waals surface area contributed by atoms with Crippen LogP contribution in [0.3, 0.4) is 0 Å². The van der Waals surface area contributed by atoms with Crippen molar-refractivity contribution in [2.75, 3.05) is 11.9 Å². The molecule has 2 aromatic rings. The van der Waals surface area contributed by atoms with Crippen molar-refractivity contribution in [1.29, 1.82) is 0 Å². The molecule has 128 valence electrons. The first-order valence-corrected chi connectivity index (χ1v) is 8.72. The summed E-state index contributed by atoms with van der Waals surface area (Å²) >= 11 is 0. The zero-order valence-electron chi connectivity index (χ0n) is 13.7. The molecule has 2 aromatic carbocycles. The highest BCUT2D eigenvalue weighted by Gasteiger charge is 2.21. The molecule has 0 aromatic heterocycles. The Morgan fingerprint density at radius 1 is 1.17 bits per heavy atom. The first-order valence-electron chi connectivity index (χ1n) is 7.18. The topological polar surface area (TPSA) is 107 Å². The van der Waals surface area contributed by atoms with Gasteiger partial charge in [-0.15, -0.1) is 0 Å². The molecule has 0 atom stereocenters. The molecule has 0 aliphatic carbocycles. The van der Waals surface area contributed by atoms with Gasteiger partial charge in [0.2, 0.25) is 10.0 Å². The standard InChI is InChI=1S/C16H19N3O4S/c1-11-4-5-13(12(2)8-11)10-18(3)15-7-6-14(24(17,22)23)9-16(15)19(20)21/h4-9H,10H2,1-3H3,(H2,17,22,23). The van der Waals surface area contributed by atoms with Crippen LogP contribution in [0.4, 0.5) is 11.4 Å². The summed E-state index contributed by atoms with van der Waals surface area (Å²) < 4.78 is 22.8. The normalized spacial score (nSPS) is 11.3. The minimum atomic E-state index is -3.99. The Bertz CT molecular complexity index is 894. The van der Waals surface area contributed by atoms with E-state index in [0.29, 0.717) is 12.2 Å². The Balaban J connectivity index is 2.41. The number of nitrogens with zero attached hydrogens (tertiary/aromatic N) is 2. The van der Waals surface area contributed by atoms with Crippen molar-refractivity contribution in [3.8, 4) is 0 Å². The highest BCUT2D eigenvalue weighted by atomic mass is 32.2. The van der Waals surface area contributed by atoms with E-state index >= 15 is 0 Å². The largest absolute Gasteiger partial charge is 0.365 e. The molecule has 7 nitrogen and oxygen atoms in total. The van der Waals surface area contributed by atoms with E-state index in [9.17, 15) is 18.5 Å². The van der Waals surface area contributed by atoms with Crippen LogP contribution in [0.5, 0.6) is 0 Å². The van der Waals surface area contributed by atoms with Gasteiger partial charge in [-0.25, -0.2) is 13.6 Å². The molecular formula is C16H19N3O4S. The van der Waals surface area contributed by atoms with Crippen LogP contribution < -0.4 is 10.0 Å². The maximum atomic E-state index is 11.4. The maximum absolute atomic E-state index is 11.4. The summed E-state index contributed by atoms with van der Waals surface area (Å²) in [4.78, 5) is 12.1. The molecule has 0 spiro atoms. The molecule has 8 heteroatoms. The van der Waals surface area contributed by atoms with Crippen LogP contribution in [-0.2, 0) is 16.6 Å². The van der Waals surface area contributed by atoms with Gasteiger partial charge in [-0.1, -0.05) is 23.8 Å². The van der Waals surface area contributed by atoms with Gasteiger partial charge in [0.05, 0.1) is 9.82 Å². The Morgan fingerprint density at radius 3 is 2.38 bits per heavy atom. The number of anilines is 1. The third kappa shape index (κ3) is 3.90. The van der Waals surface area contributed by atoms with Gasteiger partial charge < -0.3 is 4.90 Å². The number of rotatable bonds is 5. The lowest BCUT2D eigenvalue weighted by Gasteiger charge is -2.21. The average Bonchev–Trinajstić information content (AvgIpc) is 2.48. The van der Waals surface area contributed by atoms with Crippen LogP contribution in [0, 0.1) is 24.0 Å². The van der Waals surface area contributed by atoms with Crippen molar-refractivity contribution < 1.29 is 13.3 Å². The van der Waals surface area contributed by atoms with Gasteiger partial charge in [0, 0.05) is 19.7 Å².